The van der Waals surface area contributed by atoms with Gasteiger partial charge in [-0.15, -0.1) is 0 Å². The minimum Gasteiger partial charge on any atom is -0.310 e. The van der Waals surface area contributed by atoms with Crippen LogP contribution in [-0.2, 0) is 13.1 Å². The Kier molecular flexibility index (Phi) is 6.02. The highest BCUT2D eigenvalue weighted by molar-refractivity contribution is 5.22. The van der Waals surface area contributed by atoms with Crippen molar-refractivity contribution in [2.24, 2.45) is 0 Å². The zero-order valence-corrected chi connectivity index (χ0v) is 13.5. The summed E-state index contributed by atoms with van der Waals surface area (Å²) in [5, 5.41) is 3.44. The van der Waals surface area contributed by atoms with Crippen molar-refractivity contribution in [1.29, 1.82) is 0 Å². The first-order valence-corrected chi connectivity index (χ1v) is 7.37. The van der Waals surface area contributed by atoms with Crippen LogP contribution in [0.25, 0.3) is 0 Å². The summed E-state index contributed by atoms with van der Waals surface area (Å²) in [4.78, 5) is 2.42. The molecule has 2 nitrogen and oxygen atoms in total. The maximum absolute atomic E-state index is 3.44. The summed E-state index contributed by atoms with van der Waals surface area (Å²) >= 11 is 0. The first-order valence-electron chi connectivity index (χ1n) is 7.37. The van der Waals surface area contributed by atoms with Crippen LogP contribution in [0, 0.1) is 0 Å². The molecule has 0 spiro atoms. The van der Waals surface area contributed by atoms with Gasteiger partial charge in [0.2, 0.25) is 0 Å². The van der Waals surface area contributed by atoms with E-state index in [-0.39, 0.29) is 5.54 Å². The van der Waals surface area contributed by atoms with Gasteiger partial charge in [0.05, 0.1) is 0 Å². The molecule has 0 unspecified atom stereocenters. The van der Waals surface area contributed by atoms with E-state index in [1.165, 1.54) is 17.5 Å². The van der Waals surface area contributed by atoms with Gasteiger partial charge in [0.25, 0.3) is 0 Å². The van der Waals surface area contributed by atoms with Crippen molar-refractivity contribution in [3.05, 3.63) is 35.4 Å². The second-order valence-corrected chi connectivity index (χ2v) is 6.37. The number of rotatable bonds is 7. The molecule has 0 saturated carbocycles. The fourth-order valence-electron chi connectivity index (χ4n) is 1.84. The number of hydrogen-bond acceptors (Lipinski definition) is 2. The van der Waals surface area contributed by atoms with E-state index in [4.69, 9.17) is 0 Å². The van der Waals surface area contributed by atoms with Gasteiger partial charge >= 0.3 is 0 Å². The molecule has 108 valence electrons. The van der Waals surface area contributed by atoms with Crippen LogP contribution in [0.1, 0.15) is 52.2 Å². The molecular formula is C17H30N2. The topological polar surface area (TPSA) is 15.3 Å². The molecule has 0 aromatic heterocycles. The van der Waals surface area contributed by atoms with Crippen molar-refractivity contribution >= 4 is 0 Å². The standard InChI is InChI=1S/C17H30N2/c1-7-17(4,5)19(6)13-16-10-8-15(9-11-16)12-18-14(2)3/h8-11,14,18H,7,12-13H2,1-6H3. The van der Waals surface area contributed by atoms with Gasteiger partial charge in [-0.1, -0.05) is 45.0 Å². The molecular weight excluding hydrogens is 232 g/mol. The predicted molar refractivity (Wildman–Crippen MR) is 84.3 cm³/mol. The highest BCUT2D eigenvalue weighted by atomic mass is 15.2. The van der Waals surface area contributed by atoms with Crippen LogP contribution in [-0.4, -0.2) is 23.5 Å². The van der Waals surface area contributed by atoms with Crippen LogP contribution in [0.5, 0.6) is 0 Å². The molecule has 1 N–H and O–H groups in total. The Balaban J connectivity index is 2.57. The van der Waals surface area contributed by atoms with Crippen LogP contribution in [0.2, 0.25) is 0 Å². The van der Waals surface area contributed by atoms with Gasteiger partial charge < -0.3 is 5.32 Å². The molecule has 0 heterocycles. The van der Waals surface area contributed by atoms with E-state index >= 15 is 0 Å². The molecule has 1 aromatic rings. The van der Waals surface area contributed by atoms with Gasteiger partial charge in [0.1, 0.15) is 0 Å². The van der Waals surface area contributed by atoms with E-state index in [2.05, 4.69) is 76.1 Å². The molecule has 2 heteroatoms. The van der Waals surface area contributed by atoms with Crippen molar-refractivity contribution in [1.82, 2.24) is 10.2 Å². The lowest BCUT2D eigenvalue weighted by molar-refractivity contribution is 0.143. The Morgan fingerprint density at radius 3 is 2.11 bits per heavy atom. The molecule has 0 amide bonds. The second-order valence-electron chi connectivity index (χ2n) is 6.37. The molecule has 0 bridgehead atoms. The number of nitrogens with one attached hydrogen (secondary N) is 1. The zero-order chi connectivity index (χ0) is 14.5. The van der Waals surface area contributed by atoms with Crippen LogP contribution in [0.3, 0.4) is 0 Å². The molecule has 0 saturated heterocycles. The normalized spacial score (nSPS) is 12.4. The van der Waals surface area contributed by atoms with Gasteiger partial charge in [-0.25, -0.2) is 0 Å². The second kappa shape index (κ2) is 7.06. The highest BCUT2D eigenvalue weighted by Crippen LogP contribution is 2.19. The first-order chi connectivity index (χ1) is 8.85. The van der Waals surface area contributed by atoms with Crippen molar-refractivity contribution in [2.45, 2.75) is 65.7 Å². The van der Waals surface area contributed by atoms with E-state index in [1.54, 1.807) is 0 Å². The molecule has 0 aliphatic carbocycles. The van der Waals surface area contributed by atoms with E-state index in [0.29, 0.717) is 6.04 Å². The van der Waals surface area contributed by atoms with E-state index in [1.807, 2.05) is 0 Å². The van der Waals surface area contributed by atoms with E-state index in [9.17, 15) is 0 Å². The summed E-state index contributed by atoms with van der Waals surface area (Å²) in [7, 11) is 2.21. The molecule has 19 heavy (non-hydrogen) atoms. The van der Waals surface area contributed by atoms with Gasteiger partial charge in [-0.3, -0.25) is 4.90 Å². The minimum atomic E-state index is 0.262. The average Bonchev–Trinajstić information content (AvgIpc) is 2.37. The molecule has 0 fully saturated rings. The van der Waals surface area contributed by atoms with Gasteiger partial charge in [-0.05, 0) is 38.4 Å². The smallest absolute Gasteiger partial charge is 0.0235 e. The Morgan fingerprint density at radius 1 is 1.11 bits per heavy atom. The fourth-order valence-corrected chi connectivity index (χ4v) is 1.84. The molecule has 0 atom stereocenters. The summed E-state index contributed by atoms with van der Waals surface area (Å²) in [5.74, 6) is 0. The fraction of sp³-hybridized carbons (Fsp3) is 0.647. The van der Waals surface area contributed by atoms with Gasteiger partial charge in [0.15, 0.2) is 0 Å². The lowest BCUT2D eigenvalue weighted by atomic mass is 9.99. The van der Waals surface area contributed by atoms with Crippen LogP contribution in [0.4, 0.5) is 0 Å². The summed E-state index contributed by atoms with van der Waals surface area (Å²) < 4.78 is 0. The SMILES string of the molecule is CCC(C)(C)N(C)Cc1ccc(CNC(C)C)cc1. The van der Waals surface area contributed by atoms with E-state index < -0.39 is 0 Å². The quantitative estimate of drug-likeness (QED) is 0.804. The molecule has 1 rings (SSSR count). The van der Waals surface area contributed by atoms with Crippen molar-refractivity contribution < 1.29 is 0 Å². The third-order valence-electron chi connectivity index (χ3n) is 4.06. The predicted octanol–water partition coefficient (Wildman–Crippen LogP) is 3.81. The minimum absolute atomic E-state index is 0.262. The summed E-state index contributed by atoms with van der Waals surface area (Å²) in [6.45, 7) is 13.2. The van der Waals surface area contributed by atoms with Gasteiger partial charge in [0, 0.05) is 24.7 Å². The monoisotopic (exact) mass is 262 g/mol. The number of nitrogens with zero attached hydrogens (tertiary/aromatic N) is 1. The maximum atomic E-state index is 3.44. The molecule has 0 radical (unpaired) electrons. The summed E-state index contributed by atoms with van der Waals surface area (Å²) in [6, 6.07) is 9.50. The lowest BCUT2D eigenvalue weighted by Crippen LogP contribution is -2.39. The summed E-state index contributed by atoms with van der Waals surface area (Å²) in [5.41, 5.74) is 3.00. The lowest BCUT2D eigenvalue weighted by Gasteiger charge is -2.34. The maximum Gasteiger partial charge on any atom is 0.0235 e. The Bertz CT molecular complexity index is 365. The van der Waals surface area contributed by atoms with E-state index in [0.717, 1.165) is 13.1 Å². The van der Waals surface area contributed by atoms with Gasteiger partial charge in [-0.2, -0.15) is 0 Å². The largest absolute Gasteiger partial charge is 0.310 e. The summed E-state index contributed by atoms with van der Waals surface area (Å²) in [6.07, 6.45) is 1.17. The Labute approximate surface area is 119 Å². The number of hydrogen-bond donors (Lipinski definition) is 1. The Hall–Kier alpha value is -0.860. The highest BCUT2D eigenvalue weighted by Gasteiger charge is 2.20. The van der Waals surface area contributed by atoms with Crippen molar-refractivity contribution in [3.63, 3.8) is 0 Å². The molecule has 0 aliphatic heterocycles. The average molecular weight is 262 g/mol. The number of benzene rings is 1. The third kappa shape index (κ3) is 5.33. The van der Waals surface area contributed by atoms with Crippen LogP contribution in [0.15, 0.2) is 24.3 Å². The van der Waals surface area contributed by atoms with Crippen LogP contribution < -0.4 is 5.32 Å². The zero-order valence-electron chi connectivity index (χ0n) is 13.5. The van der Waals surface area contributed by atoms with Crippen LogP contribution >= 0.6 is 0 Å². The van der Waals surface area contributed by atoms with Crippen molar-refractivity contribution in [3.8, 4) is 0 Å². The Morgan fingerprint density at radius 2 is 1.63 bits per heavy atom. The third-order valence-corrected chi connectivity index (χ3v) is 4.06. The molecule has 1 aromatic carbocycles. The first kappa shape index (κ1) is 16.2. The van der Waals surface area contributed by atoms with Crippen molar-refractivity contribution in [2.75, 3.05) is 7.05 Å². The molecule has 0 aliphatic rings.